The lowest BCUT2D eigenvalue weighted by Gasteiger charge is -2.06. The van der Waals surface area contributed by atoms with Gasteiger partial charge in [-0.3, -0.25) is 4.79 Å². The number of amides is 1. The molecule has 17 heavy (non-hydrogen) atoms. The molecule has 0 bridgehead atoms. The number of carbonyl (C=O) groups is 1. The quantitative estimate of drug-likeness (QED) is 0.383. The molecule has 0 unspecified atom stereocenters. The Bertz CT molecular complexity index is 198. The zero-order valence-corrected chi connectivity index (χ0v) is 10.7. The third-order valence-corrected chi connectivity index (χ3v) is 2.02. The maximum absolute atomic E-state index is 11.3. The molecule has 100 valence electrons. The predicted octanol–water partition coefficient (Wildman–Crippen LogP) is 0.321. The number of nitrogens with one attached hydrogen (secondary N) is 2. The molecule has 0 rings (SSSR count). The van der Waals surface area contributed by atoms with E-state index in [1.165, 1.54) is 0 Å². The van der Waals surface area contributed by atoms with Gasteiger partial charge in [0.15, 0.2) is 0 Å². The van der Waals surface area contributed by atoms with Gasteiger partial charge in [0.25, 0.3) is 0 Å². The molecule has 0 saturated carbocycles. The van der Waals surface area contributed by atoms with E-state index in [2.05, 4.69) is 17.2 Å². The normalized spacial score (nSPS) is 10.2. The van der Waals surface area contributed by atoms with Crippen LogP contribution in [0.5, 0.6) is 0 Å². The highest BCUT2D eigenvalue weighted by atomic mass is 16.5. The summed E-state index contributed by atoms with van der Waals surface area (Å²) < 4.78 is 10.2. The van der Waals surface area contributed by atoms with Crippen molar-refractivity contribution in [3.63, 3.8) is 0 Å². The Kier molecular flexibility index (Phi) is 12.5. The van der Waals surface area contributed by atoms with E-state index >= 15 is 0 Å². The predicted molar refractivity (Wildman–Crippen MR) is 68.0 cm³/mol. The van der Waals surface area contributed by atoms with E-state index in [-0.39, 0.29) is 5.91 Å². The molecule has 0 radical (unpaired) electrons. The summed E-state index contributed by atoms with van der Waals surface area (Å²) >= 11 is 0. The summed E-state index contributed by atoms with van der Waals surface area (Å²) in [5.41, 5.74) is 0. The second-order valence-corrected chi connectivity index (χ2v) is 3.56. The monoisotopic (exact) mass is 244 g/mol. The van der Waals surface area contributed by atoms with Crippen LogP contribution < -0.4 is 10.6 Å². The van der Waals surface area contributed by atoms with Gasteiger partial charge in [-0.25, -0.2) is 0 Å². The van der Waals surface area contributed by atoms with Gasteiger partial charge in [0.1, 0.15) is 0 Å². The third-order valence-electron chi connectivity index (χ3n) is 2.02. The number of methoxy groups -OCH3 is 1. The molecule has 0 saturated heterocycles. The molecule has 5 nitrogen and oxygen atoms in total. The molecule has 0 atom stereocenters. The summed E-state index contributed by atoms with van der Waals surface area (Å²) in [7, 11) is 1.65. The van der Waals surface area contributed by atoms with Crippen molar-refractivity contribution in [1.29, 1.82) is 0 Å². The molecule has 0 spiro atoms. The summed E-state index contributed by atoms with van der Waals surface area (Å²) in [5, 5.41) is 5.80. The molecule has 0 fully saturated rings. The lowest BCUT2D eigenvalue weighted by molar-refractivity contribution is -0.120. The van der Waals surface area contributed by atoms with Gasteiger partial charge in [0.2, 0.25) is 5.91 Å². The molecule has 1 amide bonds. The first-order chi connectivity index (χ1) is 8.31. The van der Waals surface area contributed by atoms with Crippen molar-refractivity contribution < 1.29 is 14.3 Å². The lowest BCUT2D eigenvalue weighted by atomic mass is 10.4. The maximum atomic E-state index is 11.3. The van der Waals surface area contributed by atoms with Gasteiger partial charge in [0.05, 0.1) is 19.8 Å². The van der Waals surface area contributed by atoms with Crippen molar-refractivity contribution in [1.82, 2.24) is 10.6 Å². The summed E-state index contributed by atoms with van der Waals surface area (Å²) in [4.78, 5) is 11.3. The van der Waals surface area contributed by atoms with E-state index in [9.17, 15) is 4.79 Å². The Morgan fingerprint density at radius 2 is 2.12 bits per heavy atom. The van der Waals surface area contributed by atoms with E-state index in [1.807, 2.05) is 6.08 Å². The van der Waals surface area contributed by atoms with Crippen LogP contribution in [0.1, 0.15) is 12.8 Å². The number of ether oxygens (including phenoxy) is 2. The second-order valence-electron chi connectivity index (χ2n) is 3.56. The molecule has 0 aliphatic heterocycles. The molecule has 0 aliphatic rings. The number of rotatable bonds is 12. The standard InChI is InChI=1S/C12H24N2O3/c1-3-4-9-17-10-7-13-11-12(15)14-6-5-8-16-2/h3,13H,1,4-11H2,2H3,(H,14,15). The molecule has 0 heterocycles. The Morgan fingerprint density at radius 1 is 1.29 bits per heavy atom. The Hall–Kier alpha value is -0.910. The number of hydrogen-bond acceptors (Lipinski definition) is 4. The van der Waals surface area contributed by atoms with Crippen LogP contribution in [0.15, 0.2) is 12.7 Å². The summed E-state index contributed by atoms with van der Waals surface area (Å²) in [6.45, 7) is 7.25. The highest BCUT2D eigenvalue weighted by molar-refractivity contribution is 5.77. The van der Waals surface area contributed by atoms with Crippen LogP contribution in [0.25, 0.3) is 0 Å². The second kappa shape index (κ2) is 13.2. The first kappa shape index (κ1) is 16.1. The lowest BCUT2D eigenvalue weighted by Crippen LogP contribution is -2.36. The minimum absolute atomic E-state index is 0.00666. The van der Waals surface area contributed by atoms with Crippen molar-refractivity contribution in [2.45, 2.75) is 12.8 Å². The fourth-order valence-electron chi connectivity index (χ4n) is 1.12. The number of carbonyl (C=O) groups excluding carboxylic acids is 1. The van der Waals surface area contributed by atoms with Crippen LogP contribution in [0.3, 0.4) is 0 Å². The summed E-state index contributed by atoms with van der Waals surface area (Å²) in [5.74, 6) is 0.00666. The van der Waals surface area contributed by atoms with Crippen molar-refractivity contribution in [2.24, 2.45) is 0 Å². The van der Waals surface area contributed by atoms with Gasteiger partial charge in [0, 0.05) is 26.8 Å². The molecule has 0 aromatic rings. The van der Waals surface area contributed by atoms with E-state index in [0.717, 1.165) is 12.8 Å². The smallest absolute Gasteiger partial charge is 0.233 e. The summed E-state index contributed by atoms with van der Waals surface area (Å²) in [6, 6.07) is 0. The van der Waals surface area contributed by atoms with Crippen molar-refractivity contribution in [2.75, 3.05) is 46.6 Å². The topological polar surface area (TPSA) is 59.6 Å². The first-order valence-electron chi connectivity index (χ1n) is 5.96. The van der Waals surface area contributed by atoms with Gasteiger partial charge in [-0.2, -0.15) is 0 Å². The first-order valence-corrected chi connectivity index (χ1v) is 5.96. The highest BCUT2D eigenvalue weighted by Crippen LogP contribution is 1.81. The van der Waals surface area contributed by atoms with Crippen LogP contribution in [0.4, 0.5) is 0 Å². The number of hydrogen-bond donors (Lipinski definition) is 2. The van der Waals surface area contributed by atoms with E-state index in [0.29, 0.717) is 39.5 Å². The minimum atomic E-state index is 0.00666. The average Bonchev–Trinajstić information content (AvgIpc) is 2.33. The molecular weight excluding hydrogens is 220 g/mol. The van der Waals surface area contributed by atoms with Crippen LogP contribution >= 0.6 is 0 Å². The SMILES string of the molecule is C=CCCOCCNCC(=O)NCCCOC. The molecule has 0 aromatic carbocycles. The van der Waals surface area contributed by atoms with Crippen LogP contribution in [-0.2, 0) is 14.3 Å². The van der Waals surface area contributed by atoms with E-state index in [1.54, 1.807) is 7.11 Å². The summed E-state index contributed by atoms with van der Waals surface area (Å²) in [6.07, 6.45) is 3.52. The van der Waals surface area contributed by atoms with Crippen LogP contribution in [0, 0.1) is 0 Å². The largest absolute Gasteiger partial charge is 0.385 e. The van der Waals surface area contributed by atoms with Crippen molar-refractivity contribution in [3.05, 3.63) is 12.7 Å². The molecule has 5 heteroatoms. The maximum Gasteiger partial charge on any atom is 0.233 e. The van der Waals surface area contributed by atoms with Gasteiger partial charge < -0.3 is 20.1 Å². The average molecular weight is 244 g/mol. The highest BCUT2D eigenvalue weighted by Gasteiger charge is 1.98. The Labute approximate surface area is 104 Å². The zero-order valence-electron chi connectivity index (χ0n) is 10.7. The van der Waals surface area contributed by atoms with E-state index in [4.69, 9.17) is 9.47 Å². The fraction of sp³-hybridized carbons (Fsp3) is 0.750. The van der Waals surface area contributed by atoms with Gasteiger partial charge in [-0.15, -0.1) is 6.58 Å². The molecule has 0 aromatic heterocycles. The molecular formula is C12H24N2O3. The van der Waals surface area contributed by atoms with Gasteiger partial charge in [-0.1, -0.05) is 6.08 Å². The van der Waals surface area contributed by atoms with Gasteiger partial charge in [-0.05, 0) is 12.8 Å². The molecule has 0 aliphatic carbocycles. The van der Waals surface area contributed by atoms with Crippen molar-refractivity contribution >= 4 is 5.91 Å². The molecule has 2 N–H and O–H groups in total. The van der Waals surface area contributed by atoms with E-state index < -0.39 is 0 Å². The van der Waals surface area contributed by atoms with Crippen LogP contribution in [0.2, 0.25) is 0 Å². The van der Waals surface area contributed by atoms with Gasteiger partial charge >= 0.3 is 0 Å². The minimum Gasteiger partial charge on any atom is -0.385 e. The Morgan fingerprint density at radius 3 is 2.82 bits per heavy atom. The zero-order chi connectivity index (χ0) is 12.8. The Balaban J connectivity index is 3.13. The van der Waals surface area contributed by atoms with Crippen molar-refractivity contribution in [3.8, 4) is 0 Å². The third kappa shape index (κ3) is 13.0. The van der Waals surface area contributed by atoms with Crippen LogP contribution in [-0.4, -0.2) is 52.5 Å². The fourth-order valence-corrected chi connectivity index (χ4v) is 1.12.